The van der Waals surface area contributed by atoms with Crippen LogP contribution in [0.2, 0.25) is 5.15 Å². The lowest BCUT2D eigenvalue weighted by Gasteiger charge is -2.10. The van der Waals surface area contributed by atoms with E-state index in [9.17, 15) is 0 Å². The fourth-order valence-corrected chi connectivity index (χ4v) is 1.72. The molecule has 0 amide bonds. The van der Waals surface area contributed by atoms with Crippen LogP contribution in [-0.2, 0) is 6.54 Å². The smallest absolute Gasteiger partial charge is 0.151 e. The molecule has 3 N–H and O–H groups in total. The number of pyridine rings is 1. The highest BCUT2D eigenvalue weighted by molar-refractivity contribution is 6.29. The number of nitrogens with zero attached hydrogens (tertiary/aromatic N) is 1. The molecule has 0 atom stereocenters. The number of benzene rings is 1. The molecule has 17 heavy (non-hydrogen) atoms. The van der Waals surface area contributed by atoms with E-state index in [4.69, 9.17) is 17.3 Å². The summed E-state index contributed by atoms with van der Waals surface area (Å²) in [7, 11) is 0. The number of nitrogens with two attached hydrogens (primary N) is 1. The third kappa shape index (κ3) is 2.88. The molecule has 0 aliphatic rings. The third-order valence-electron chi connectivity index (χ3n) is 2.60. The molecule has 0 saturated heterocycles. The summed E-state index contributed by atoms with van der Waals surface area (Å²) in [6.45, 7) is 2.76. The van der Waals surface area contributed by atoms with Crippen LogP contribution >= 0.6 is 11.6 Å². The number of nitrogens with one attached hydrogen (secondary N) is 1. The van der Waals surface area contributed by atoms with E-state index in [1.54, 1.807) is 12.1 Å². The molecule has 2 rings (SSSR count). The molecule has 88 valence electrons. The van der Waals surface area contributed by atoms with Crippen molar-refractivity contribution in [1.29, 1.82) is 0 Å². The van der Waals surface area contributed by atoms with Gasteiger partial charge in [-0.15, -0.1) is 0 Å². The van der Waals surface area contributed by atoms with E-state index in [2.05, 4.69) is 29.4 Å². The van der Waals surface area contributed by atoms with Crippen LogP contribution in [0.5, 0.6) is 0 Å². The summed E-state index contributed by atoms with van der Waals surface area (Å²) in [5.41, 5.74) is 8.86. The molecule has 3 nitrogen and oxygen atoms in total. The number of hydrogen-bond donors (Lipinski definition) is 2. The lowest BCUT2D eigenvalue weighted by molar-refractivity contribution is 1.09. The van der Waals surface area contributed by atoms with Gasteiger partial charge in [-0.1, -0.05) is 35.9 Å². The zero-order valence-corrected chi connectivity index (χ0v) is 10.3. The van der Waals surface area contributed by atoms with Crippen LogP contribution in [0.25, 0.3) is 0 Å². The summed E-state index contributed by atoms with van der Waals surface area (Å²) in [5, 5.41) is 3.63. The molecule has 0 bridgehead atoms. The predicted octanol–water partition coefficient (Wildman–Crippen LogP) is 3.24. The molecule has 0 fully saturated rings. The van der Waals surface area contributed by atoms with Crippen molar-refractivity contribution in [3.05, 3.63) is 52.7 Å². The maximum atomic E-state index is 5.82. The number of aryl methyl sites for hydroxylation is 1. The quantitative estimate of drug-likeness (QED) is 0.819. The van der Waals surface area contributed by atoms with Gasteiger partial charge in [0.2, 0.25) is 0 Å². The first-order valence-corrected chi connectivity index (χ1v) is 5.75. The second-order valence-electron chi connectivity index (χ2n) is 3.85. The van der Waals surface area contributed by atoms with Gasteiger partial charge in [0, 0.05) is 6.54 Å². The summed E-state index contributed by atoms with van der Waals surface area (Å²) >= 11 is 5.82. The van der Waals surface area contributed by atoms with Gasteiger partial charge >= 0.3 is 0 Å². The summed E-state index contributed by atoms with van der Waals surface area (Å²) in [5.74, 6) is 0.626. The fraction of sp³-hybridized carbons (Fsp3) is 0.154. The molecule has 4 heteroatoms. The van der Waals surface area contributed by atoms with Gasteiger partial charge in [-0.3, -0.25) is 0 Å². The molecule has 1 aromatic carbocycles. The molecule has 0 unspecified atom stereocenters. The fourth-order valence-electron chi connectivity index (χ4n) is 1.58. The van der Waals surface area contributed by atoms with Crippen LogP contribution in [0.1, 0.15) is 11.1 Å². The Bertz CT molecular complexity index is 526. The second-order valence-corrected chi connectivity index (χ2v) is 4.24. The number of nitrogen functional groups attached to an aromatic ring is 1. The predicted molar refractivity (Wildman–Crippen MR) is 72.2 cm³/mol. The number of aromatic nitrogens is 1. The first kappa shape index (κ1) is 11.7. The van der Waals surface area contributed by atoms with Crippen LogP contribution in [-0.4, -0.2) is 4.98 Å². The molecule has 0 radical (unpaired) electrons. The van der Waals surface area contributed by atoms with Gasteiger partial charge in [-0.05, 0) is 30.2 Å². The van der Waals surface area contributed by atoms with Crippen LogP contribution in [0.4, 0.5) is 11.5 Å². The minimum atomic E-state index is 0.437. The number of halogens is 1. The zero-order chi connectivity index (χ0) is 12.3. The van der Waals surface area contributed by atoms with Crippen molar-refractivity contribution in [3.63, 3.8) is 0 Å². The average molecular weight is 248 g/mol. The first-order valence-electron chi connectivity index (χ1n) is 5.37. The van der Waals surface area contributed by atoms with Crippen LogP contribution < -0.4 is 11.1 Å². The minimum Gasteiger partial charge on any atom is -0.396 e. The van der Waals surface area contributed by atoms with Gasteiger partial charge in [-0.25, -0.2) is 4.98 Å². The normalized spacial score (nSPS) is 10.2. The van der Waals surface area contributed by atoms with Crippen molar-refractivity contribution in [1.82, 2.24) is 4.98 Å². The Morgan fingerprint density at radius 2 is 2.00 bits per heavy atom. The Morgan fingerprint density at radius 3 is 2.76 bits per heavy atom. The molecular weight excluding hydrogens is 234 g/mol. The molecule has 1 heterocycles. The molecule has 2 aromatic rings. The molecular formula is C13H14ClN3. The Hall–Kier alpha value is -1.74. The van der Waals surface area contributed by atoms with Gasteiger partial charge in [0.25, 0.3) is 0 Å². The van der Waals surface area contributed by atoms with Gasteiger partial charge in [-0.2, -0.15) is 0 Å². The van der Waals surface area contributed by atoms with Gasteiger partial charge in [0.05, 0.1) is 5.69 Å². The average Bonchev–Trinajstić information content (AvgIpc) is 2.32. The van der Waals surface area contributed by atoms with Gasteiger partial charge in [0.1, 0.15) is 5.15 Å². The van der Waals surface area contributed by atoms with Crippen molar-refractivity contribution in [2.75, 3.05) is 11.1 Å². The SMILES string of the molecule is Cc1ccccc1CNc1nc(Cl)ccc1N. The largest absolute Gasteiger partial charge is 0.396 e. The van der Waals surface area contributed by atoms with E-state index in [0.717, 1.165) is 0 Å². The van der Waals surface area contributed by atoms with E-state index in [-0.39, 0.29) is 0 Å². The molecule has 0 saturated carbocycles. The number of hydrogen-bond acceptors (Lipinski definition) is 3. The first-order chi connectivity index (χ1) is 8.16. The molecule has 0 aliphatic carbocycles. The monoisotopic (exact) mass is 247 g/mol. The summed E-state index contributed by atoms with van der Waals surface area (Å²) in [4.78, 5) is 4.15. The lowest BCUT2D eigenvalue weighted by Crippen LogP contribution is -2.05. The van der Waals surface area contributed by atoms with Gasteiger partial charge < -0.3 is 11.1 Å². The van der Waals surface area contributed by atoms with E-state index >= 15 is 0 Å². The van der Waals surface area contributed by atoms with Crippen LogP contribution in [0.15, 0.2) is 36.4 Å². The maximum Gasteiger partial charge on any atom is 0.151 e. The highest BCUT2D eigenvalue weighted by Gasteiger charge is 2.02. The van der Waals surface area contributed by atoms with Crippen LogP contribution in [0.3, 0.4) is 0 Å². The van der Waals surface area contributed by atoms with E-state index in [0.29, 0.717) is 23.2 Å². The Kier molecular flexibility index (Phi) is 3.49. The minimum absolute atomic E-state index is 0.437. The Labute approximate surface area is 106 Å². The number of anilines is 2. The highest BCUT2D eigenvalue weighted by atomic mass is 35.5. The zero-order valence-electron chi connectivity index (χ0n) is 9.57. The molecule has 0 spiro atoms. The topological polar surface area (TPSA) is 50.9 Å². The van der Waals surface area contributed by atoms with Gasteiger partial charge in [0.15, 0.2) is 5.82 Å². The van der Waals surface area contributed by atoms with E-state index in [1.807, 2.05) is 12.1 Å². The Balaban J connectivity index is 2.12. The summed E-state index contributed by atoms with van der Waals surface area (Å²) in [6, 6.07) is 11.6. The molecule has 0 aliphatic heterocycles. The van der Waals surface area contributed by atoms with Crippen LogP contribution in [0, 0.1) is 6.92 Å². The van der Waals surface area contributed by atoms with Crippen molar-refractivity contribution in [2.24, 2.45) is 0 Å². The van der Waals surface area contributed by atoms with Crippen molar-refractivity contribution < 1.29 is 0 Å². The van der Waals surface area contributed by atoms with Crippen molar-refractivity contribution in [2.45, 2.75) is 13.5 Å². The lowest BCUT2D eigenvalue weighted by atomic mass is 10.1. The second kappa shape index (κ2) is 5.06. The maximum absolute atomic E-state index is 5.82. The highest BCUT2D eigenvalue weighted by Crippen LogP contribution is 2.19. The summed E-state index contributed by atoms with van der Waals surface area (Å²) < 4.78 is 0. The third-order valence-corrected chi connectivity index (χ3v) is 2.81. The standard InChI is InChI=1S/C13H14ClN3/c1-9-4-2-3-5-10(9)8-16-13-11(15)6-7-12(14)17-13/h2-7H,8,15H2,1H3,(H,16,17). The Morgan fingerprint density at radius 1 is 1.24 bits per heavy atom. The van der Waals surface area contributed by atoms with Crippen molar-refractivity contribution in [3.8, 4) is 0 Å². The van der Waals surface area contributed by atoms with E-state index < -0.39 is 0 Å². The summed E-state index contributed by atoms with van der Waals surface area (Å²) in [6.07, 6.45) is 0. The number of rotatable bonds is 3. The van der Waals surface area contributed by atoms with Crippen molar-refractivity contribution >= 4 is 23.1 Å². The molecule has 1 aromatic heterocycles. The van der Waals surface area contributed by atoms with E-state index in [1.165, 1.54) is 11.1 Å².